The van der Waals surface area contributed by atoms with Gasteiger partial charge in [-0.25, -0.2) is 4.99 Å². The van der Waals surface area contributed by atoms with Crippen LogP contribution in [0, 0.1) is 0 Å². The Hall–Kier alpha value is -3.62. The monoisotopic (exact) mass is 519 g/mol. The third kappa shape index (κ3) is 7.94. The second kappa shape index (κ2) is 15.0. The SMILES string of the molecule is CCCCNC1=CC(=O)C(Nc2ccc(N(CC)CCO)cc2)=C/C1=N/c1ccc(N(CC)CCO)cc1. The first-order valence-electron chi connectivity index (χ1n) is 13.5. The summed E-state index contributed by atoms with van der Waals surface area (Å²) in [5.41, 5.74) is 5.49. The second-order valence-corrected chi connectivity index (χ2v) is 9.05. The number of hydrogen-bond acceptors (Lipinski definition) is 8. The summed E-state index contributed by atoms with van der Waals surface area (Å²) in [6.07, 6.45) is 5.46. The molecule has 2 aromatic carbocycles. The highest BCUT2D eigenvalue weighted by Crippen LogP contribution is 2.24. The van der Waals surface area contributed by atoms with Gasteiger partial charge in [-0.1, -0.05) is 13.3 Å². The van der Waals surface area contributed by atoms with Crippen molar-refractivity contribution in [3.63, 3.8) is 0 Å². The van der Waals surface area contributed by atoms with Gasteiger partial charge in [-0.15, -0.1) is 0 Å². The molecule has 8 nitrogen and oxygen atoms in total. The molecule has 204 valence electrons. The van der Waals surface area contributed by atoms with Crippen LogP contribution in [0.4, 0.5) is 22.7 Å². The third-order valence-electron chi connectivity index (χ3n) is 6.42. The van der Waals surface area contributed by atoms with Gasteiger partial charge in [0.15, 0.2) is 0 Å². The average molecular weight is 520 g/mol. The molecule has 0 aromatic heterocycles. The Morgan fingerprint density at radius 2 is 1.37 bits per heavy atom. The van der Waals surface area contributed by atoms with Gasteiger partial charge in [0.05, 0.1) is 36.0 Å². The van der Waals surface area contributed by atoms with Gasteiger partial charge in [0.2, 0.25) is 5.78 Å². The minimum atomic E-state index is -0.111. The van der Waals surface area contributed by atoms with Gasteiger partial charge in [0.1, 0.15) is 0 Å². The molecule has 8 heteroatoms. The number of aliphatic hydroxyl groups is 2. The van der Waals surface area contributed by atoms with Crippen LogP contribution in [0.1, 0.15) is 33.6 Å². The minimum Gasteiger partial charge on any atom is -0.395 e. The maximum atomic E-state index is 13.0. The quantitative estimate of drug-likeness (QED) is 0.206. The number of allylic oxidation sites excluding steroid dienone is 2. The molecule has 0 bridgehead atoms. The molecule has 1 aliphatic carbocycles. The number of hydrogen-bond donors (Lipinski definition) is 4. The van der Waals surface area contributed by atoms with Crippen LogP contribution in [0.5, 0.6) is 0 Å². The van der Waals surface area contributed by atoms with Crippen molar-refractivity contribution < 1.29 is 15.0 Å². The van der Waals surface area contributed by atoms with E-state index in [1.54, 1.807) is 12.2 Å². The summed E-state index contributed by atoms with van der Waals surface area (Å²) >= 11 is 0. The number of carbonyl (C=O) groups excluding carboxylic acids is 1. The summed E-state index contributed by atoms with van der Waals surface area (Å²) in [4.78, 5) is 22.1. The lowest BCUT2D eigenvalue weighted by Crippen LogP contribution is -2.27. The zero-order chi connectivity index (χ0) is 27.3. The van der Waals surface area contributed by atoms with Crippen LogP contribution in [0.25, 0.3) is 0 Å². The van der Waals surface area contributed by atoms with Crippen molar-refractivity contribution in [3.8, 4) is 0 Å². The zero-order valence-corrected chi connectivity index (χ0v) is 22.8. The molecule has 0 spiro atoms. The van der Waals surface area contributed by atoms with Crippen LogP contribution < -0.4 is 20.4 Å². The number of benzene rings is 2. The topological polar surface area (TPSA) is 100 Å². The Labute approximate surface area is 226 Å². The van der Waals surface area contributed by atoms with E-state index in [1.807, 2.05) is 48.5 Å². The molecule has 1 aliphatic rings. The van der Waals surface area contributed by atoms with Crippen LogP contribution >= 0.6 is 0 Å². The molecule has 3 rings (SSSR count). The predicted octanol–water partition coefficient (Wildman–Crippen LogP) is 4.25. The first kappa shape index (κ1) is 28.9. The number of anilines is 3. The highest BCUT2D eigenvalue weighted by atomic mass is 16.3. The number of unbranched alkanes of at least 4 members (excludes halogenated alkanes) is 1. The van der Waals surface area contributed by atoms with E-state index in [1.165, 1.54) is 0 Å². The Bertz CT molecular complexity index is 1120. The smallest absolute Gasteiger partial charge is 0.204 e. The van der Waals surface area contributed by atoms with Crippen molar-refractivity contribution in [1.82, 2.24) is 5.32 Å². The Morgan fingerprint density at radius 3 is 1.89 bits per heavy atom. The van der Waals surface area contributed by atoms with Crippen molar-refractivity contribution in [1.29, 1.82) is 0 Å². The molecule has 0 saturated carbocycles. The summed E-state index contributed by atoms with van der Waals surface area (Å²) in [5, 5.41) is 25.2. The normalized spacial score (nSPS) is 14.2. The zero-order valence-electron chi connectivity index (χ0n) is 22.8. The first-order chi connectivity index (χ1) is 18.5. The van der Waals surface area contributed by atoms with E-state index in [0.29, 0.717) is 30.2 Å². The van der Waals surface area contributed by atoms with Crippen molar-refractivity contribution in [3.05, 3.63) is 72.1 Å². The van der Waals surface area contributed by atoms with Crippen molar-refractivity contribution in [2.75, 3.05) is 61.1 Å². The molecule has 0 unspecified atom stereocenters. The molecule has 2 aromatic rings. The van der Waals surface area contributed by atoms with Gasteiger partial charge in [0.25, 0.3) is 0 Å². The number of aliphatic hydroxyl groups excluding tert-OH is 2. The molecule has 0 radical (unpaired) electrons. The highest BCUT2D eigenvalue weighted by molar-refractivity contribution is 6.23. The van der Waals surface area contributed by atoms with Crippen molar-refractivity contribution in [2.45, 2.75) is 33.6 Å². The maximum Gasteiger partial charge on any atom is 0.204 e. The van der Waals surface area contributed by atoms with E-state index >= 15 is 0 Å². The predicted molar refractivity (Wildman–Crippen MR) is 158 cm³/mol. The molecule has 0 fully saturated rings. The molecule has 0 heterocycles. The number of aliphatic imine (C=N–C) groups is 1. The average Bonchev–Trinajstić information content (AvgIpc) is 2.94. The summed E-state index contributed by atoms with van der Waals surface area (Å²) < 4.78 is 0. The van der Waals surface area contributed by atoms with Gasteiger partial charge in [-0.2, -0.15) is 0 Å². The van der Waals surface area contributed by atoms with E-state index in [0.717, 1.165) is 55.2 Å². The Balaban J connectivity index is 1.85. The van der Waals surface area contributed by atoms with Crippen molar-refractivity contribution in [2.24, 2.45) is 4.99 Å². The van der Waals surface area contributed by atoms with Crippen LogP contribution in [0.2, 0.25) is 0 Å². The fourth-order valence-corrected chi connectivity index (χ4v) is 4.27. The Kier molecular flexibility index (Phi) is 11.4. The largest absolute Gasteiger partial charge is 0.395 e. The lowest BCUT2D eigenvalue weighted by atomic mass is 10.0. The highest BCUT2D eigenvalue weighted by Gasteiger charge is 2.19. The van der Waals surface area contributed by atoms with E-state index in [-0.39, 0.29) is 19.0 Å². The number of rotatable bonds is 15. The number of carbonyl (C=O) groups is 1. The lowest BCUT2D eigenvalue weighted by Gasteiger charge is -2.23. The summed E-state index contributed by atoms with van der Waals surface area (Å²) in [6.45, 7) is 9.97. The molecule has 0 atom stereocenters. The maximum absolute atomic E-state index is 13.0. The lowest BCUT2D eigenvalue weighted by molar-refractivity contribution is -0.111. The van der Waals surface area contributed by atoms with Crippen molar-refractivity contribution >= 4 is 34.2 Å². The van der Waals surface area contributed by atoms with Crippen LogP contribution in [0.3, 0.4) is 0 Å². The van der Waals surface area contributed by atoms with Crippen LogP contribution in [-0.2, 0) is 4.79 Å². The fraction of sp³-hybridized carbons (Fsp3) is 0.400. The second-order valence-electron chi connectivity index (χ2n) is 9.05. The number of ketones is 1. The van der Waals surface area contributed by atoms with E-state index in [9.17, 15) is 15.0 Å². The van der Waals surface area contributed by atoms with E-state index < -0.39 is 0 Å². The molecule has 0 amide bonds. The number of nitrogens with one attached hydrogen (secondary N) is 2. The molecule has 4 N–H and O–H groups in total. The van der Waals surface area contributed by atoms with Gasteiger partial charge in [0, 0.05) is 55.9 Å². The van der Waals surface area contributed by atoms with Gasteiger partial charge < -0.3 is 30.6 Å². The van der Waals surface area contributed by atoms with E-state index in [2.05, 4.69) is 41.2 Å². The minimum absolute atomic E-state index is 0.0978. The Morgan fingerprint density at radius 1 is 0.789 bits per heavy atom. The van der Waals surface area contributed by atoms with Gasteiger partial charge in [-0.05, 0) is 74.9 Å². The van der Waals surface area contributed by atoms with Gasteiger partial charge >= 0.3 is 0 Å². The van der Waals surface area contributed by atoms with Gasteiger partial charge in [-0.3, -0.25) is 4.79 Å². The summed E-state index contributed by atoms with van der Waals surface area (Å²) in [5.74, 6) is -0.111. The fourth-order valence-electron chi connectivity index (χ4n) is 4.27. The molecular weight excluding hydrogens is 478 g/mol. The third-order valence-corrected chi connectivity index (χ3v) is 6.42. The summed E-state index contributed by atoms with van der Waals surface area (Å²) in [6, 6.07) is 15.7. The summed E-state index contributed by atoms with van der Waals surface area (Å²) in [7, 11) is 0. The molecule has 0 aliphatic heterocycles. The van der Waals surface area contributed by atoms with Crippen LogP contribution in [0.15, 0.2) is 77.1 Å². The molecule has 38 heavy (non-hydrogen) atoms. The first-order valence-corrected chi connectivity index (χ1v) is 13.5. The standard InChI is InChI=1S/C30H41N5O3/c1-4-7-16-31-27-22-30(38)29(33-24-10-14-26(15-11-24)35(6-3)18-20-37)21-28(27)32-23-8-12-25(13-9-23)34(5-2)17-19-36/h8-15,21-22,31,33,36-37H,4-7,16-20H2,1-3H3/b32-28-. The number of nitrogens with zero attached hydrogens (tertiary/aromatic N) is 3. The number of likely N-dealkylation sites (N-methyl/N-ethyl adjacent to an activating group) is 2. The van der Waals surface area contributed by atoms with Crippen LogP contribution in [-0.4, -0.2) is 67.6 Å². The van der Waals surface area contributed by atoms with E-state index in [4.69, 9.17) is 4.99 Å². The molecular formula is C30H41N5O3. The molecule has 0 saturated heterocycles.